The van der Waals surface area contributed by atoms with Crippen molar-refractivity contribution in [1.82, 2.24) is 4.98 Å². The SMILES string of the molecule is Cc1ccc(OCc2ccc(-c3nc(C#N)c(N4CCOCC4)o3)o2)cc1C. The van der Waals surface area contributed by atoms with E-state index >= 15 is 0 Å². The van der Waals surface area contributed by atoms with E-state index in [1.807, 2.05) is 29.2 Å². The third-order valence-electron chi connectivity index (χ3n) is 4.75. The van der Waals surface area contributed by atoms with Gasteiger partial charge in [0.05, 0.1) is 13.2 Å². The van der Waals surface area contributed by atoms with Gasteiger partial charge in [-0.15, -0.1) is 0 Å². The van der Waals surface area contributed by atoms with E-state index in [2.05, 4.69) is 24.9 Å². The van der Waals surface area contributed by atoms with Gasteiger partial charge in [0, 0.05) is 13.1 Å². The number of nitrogens with zero attached hydrogens (tertiary/aromatic N) is 3. The van der Waals surface area contributed by atoms with E-state index in [4.69, 9.17) is 18.3 Å². The fourth-order valence-electron chi connectivity index (χ4n) is 3.00. The Bertz CT molecular complexity index is 1010. The Kier molecular flexibility index (Phi) is 5.04. The molecule has 0 N–H and O–H groups in total. The molecule has 0 aliphatic carbocycles. The third kappa shape index (κ3) is 3.73. The number of hydrogen-bond donors (Lipinski definition) is 0. The van der Waals surface area contributed by atoms with Gasteiger partial charge in [-0.3, -0.25) is 0 Å². The van der Waals surface area contributed by atoms with Crippen molar-refractivity contribution in [3.05, 3.63) is 52.9 Å². The van der Waals surface area contributed by atoms with E-state index in [1.165, 1.54) is 11.1 Å². The minimum atomic E-state index is 0.251. The van der Waals surface area contributed by atoms with Crippen LogP contribution >= 0.6 is 0 Å². The van der Waals surface area contributed by atoms with Crippen LogP contribution in [-0.2, 0) is 11.3 Å². The van der Waals surface area contributed by atoms with Crippen molar-refractivity contribution in [2.75, 3.05) is 31.2 Å². The number of aromatic nitrogens is 1. The molecule has 7 nitrogen and oxygen atoms in total. The van der Waals surface area contributed by atoms with Gasteiger partial charge < -0.3 is 23.2 Å². The number of aryl methyl sites for hydroxylation is 2. The van der Waals surface area contributed by atoms with E-state index in [0.717, 1.165) is 5.75 Å². The second-order valence-corrected chi connectivity index (χ2v) is 6.68. The van der Waals surface area contributed by atoms with E-state index in [9.17, 15) is 5.26 Å². The van der Waals surface area contributed by atoms with Crippen molar-refractivity contribution < 1.29 is 18.3 Å². The highest BCUT2D eigenvalue weighted by molar-refractivity contribution is 5.56. The summed E-state index contributed by atoms with van der Waals surface area (Å²) in [5.41, 5.74) is 2.65. The lowest BCUT2D eigenvalue weighted by Gasteiger charge is -2.25. The number of nitriles is 1. The van der Waals surface area contributed by atoms with Crippen LogP contribution in [0.2, 0.25) is 0 Å². The standard InChI is InChI=1S/C21H21N3O4/c1-14-3-4-16(11-15(14)2)26-13-17-5-6-19(27-17)20-23-18(12-22)21(28-20)24-7-9-25-10-8-24/h3-6,11H,7-10,13H2,1-2H3. The number of ether oxygens (including phenoxy) is 2. The Labute approximate surface area is 163 Å². The van der Waals surface area contributed by atoms with Crippen molar-refractivity contribution in [3.63, 3.8) is 0 Å². The Morgan fingerprint density at radius 3 is 2.68 bits per heavy atom. The predicted octanol–water partition coefficient (Wildman–Crippen LogP) is 3.84. The molecular weight excluding hydrogens is 358 g/mol. The van der Waals surface area contributed by atoms with Crippen molar-refractivity contribution in [2.45, 2.75) is 20.5 Å². The topological polar surface area (TPSA) is 84.7 Å². The Balaban J connectivity index is 1.48. The number of morpholine rings is 1. The van der Waals surface area contributed by atoms with Gasteiger partial charge in [-0.05, 0) is 49.2 Å². The maximum absolute atomic E-state index is 9.39. The average Bonchev–Trinajstić information content (AvgIpc) is 3.36. The van der Waals surface area contributed by atoms with Crippen LogP contribution in [0.25, 0.3) is 11.7 Å². The number of furan rings is 1. The fraction of sp³-hybridized carbons (Fsp3) is 0.333. The summed E-state index contributed by atoms with van der Waals surface area (Å²) in [6, 6.07) is 11.7. The first-order valence-electron chi connectivity index (χ1n) is 9.17. The van der Waals surface area contributed by atoms with E-state index in [1.54, 1.807) is 6.07 Å². The van der Waals surface area contributed by atoms with Crippen LogP contribution < -0.4 is 9.64 Å². The number of benzene rings is 1. The molecule has 0 amide bonds. The van der Waals surface area contributed by atoms with E-state index < -0.39 is 0 Å². The lowest BCUT2D eigenvalue weighted by Crippen LogP contribution is -2.36. The van der Waals surface area contributed by atoms with Gasteiger partial charge in [0.2, 0.25) is 11.6 Å². The first-order valence-corrected chi connectivity index (χ1v) is 9.17. The van der Waals surface area contributed by atoms with Crippen LogP contribution in [0.15, 0.2) is 39.2 Å². The summed E-state index contributed by atoms with van der Waals surface area (Å²) in [6.45, 7) is 6.94. The minimum Gasteiger partial charge on any atom is -0.486 e. The number of anilines is 1. The normalized spacial score (nSPS) is 14.1. The van der Waals surface area contributed by atoms with Crippen molar-refractivity contribution in [3.8, 4) is 23.5 Å². The number of oxazole rings is 1. The van der Waals surface area contributed by atoms with Crippen molar-refractivity contribution >= 4 is 5.88 Å². The molecule has 1 aliphatic rings. The molecule has 0 spiro atoms. The molecule has 0 unspecified atom stereocenters. The molecular formula is C21H21N3O4. The largest absolute Gasteiger partial charge is 0.486 e. The second-order valence-electron chi connectivity index (χ2n) is 6.68. The molecule has 3 heterocycles. The summed E-state index contributed by atoms with van der Waals surface area (Å²) in [7, 11) is 0. The molecule has 4 rings (SSSR count). The molecule has 144 valence electrons. The summed E-state index contributed by atoms with van der Waals surface area (Å²) < 4.78 is 22.8. The number of hydrogen-bond acceptors (Lipinski definition) is 7. The fourth-order valence-corrected chi connectivity index (χ4v) is 3.00. The first kappa shape index (κ1) is 18.1. The first-order chi connectivity index (χ1) is 13.6. The van der Waals surface area contributed by atoms with E-state index in [0.29, 0.717) is 50.3 Å². The third-order valence-corrected chi connectivity index (χ3v) is 4.75. The highest BCUT2D eigenvalue weighted by Crippen LogP contribution is 2.30. The molecule has 3 aromatic rings. The molecule has 1 fully saturated rings. The van der Waals surface area contributed by atoms with Gasteiger partial charge >= 0.3 is 0 Å². The molecule has 1 aliphatic heterocycles. The number of rotatable bonds is 5. The van der Waals surface area contributed by atoms with Gasteiger partial charge in [0.25, 0.3) is 5.89 Å². The quantitative estimate of drug-likeness (QED) is 0.666. The summed E-state index contributed by atoms with van der Waals surface area (Å²) in [5.74, 6) is 2.66. The lowest BCUT2D eigenvalue weighted by atomic mass is 10.1. The molecule has 2 aromatic heterocycles. The summed E-state index contributed by atoms with van der Waals surface area (Å²) >= 11 is 0. The maximum Gasteiger partial charge on any atom is 0.266 e. The van der Waals surface area contributed by atoms with Crippen molar-refractivity contribution in [2.24, 2.45) is 0 Å². The Hall–Kier alpha value is -3.24. The summed E-state index contributed by atoms with van der Waals surface area (Å²) in [4.78, 5) is 6.25. The van der Waals surface area contributed by atoms with Crippen LogP contribution in [0.3, 0.4) is 0 Å². The summed E-state index contributed by atoms with van der Waals surface area (Å²) in [5, 5.41) is 9.39. The van der Waals surface area contributed by atoms with Crippen LogP contribution in [0.4, 0.5) is 5.88 Å². The smallest absolute Gasteiger partial charge is 0.266 e. The van der Waals surface area contributed by atoms with Crippen LogP contribution in [0.1, 0.15) is 22.6 Å². The second kappa shape index (κ2) is 7.79. The zero-order chi connectivity index (χ0) is 19.5. The van der Waals surface area contributed by atoms with Gasteiger partial charge in [0.1, 0.15) is 24.2 Å². The zero-order valence-corrected chi connectivity index (χ0v) is 15.9. The molecule has 0 saturated carbocycles. The molecule has 1 saturated heterocycles. The van der Waals surface area contributed by atoms with Gasteiger partial charge in [0.15, 0.2) is 5.76 Å². The zero-order valence-electron chi connectivity index (χ0n) is 15.9. The van der Waals surface area contributed by atoms with Gasteiger partial charge in [-0.2, -0.15) is 10.2 Å². The highest BCUT2D eigenvalue weighted by atomic mass is 16.5. The monoisotopic (exact) mass is 379 g/mol. The average molecular weight is 379 g/mol. The van der Waals surface area contributed by atoms with E-state index in [-0.39, 0.29) is 11.6 Å². The molecule has 7 heteroatoms. The Morgan fingerprint density at radius 2 is 1.93 bits per heavy atom. The molecule has 0 bridgehead atoms. The van der Waals surface area contributed by atoms with Crippen LogP contribution in [0, 0.1) is 25.2 Å². The van der Waals surface area contributed by atoms with Gasteiger partial charge in [-0.1, -0.05) is 6.07 Å². The summed E-state index contributed by atoms with van der Waals surface area (Å²) in [6.07, 6.45) is 0. The maximum atomic E-state index is 9.39. The van der Waals surface area contributed by atoms with Crippen LogP contribution in [0.5, 0.6) is 5.75 Å². The Morgan fingerprint density at radius 1 is 1.11 bits per heavy atom. The molecule has 0 radical (unpaired) electrons. The predicted molar refractivity (Wildman–Crippen MR) is 102 cm³/mol. The molecule has 0 atom stereocenters. The minimum absolute atomic E-state index is 0.251. The molecule has 1 aromatic carbocycles. The van der Waals surface area contributed by atoms with Gasteiger partial charge in [-0.25, -0.2) is 0 Å². The lowest BCUT2D eigenvalue weighted by molar-refractivity contribution is 0.120. The van der Waals surface area contributed by atoms with Crippen LogP contribution in [-0.4, -0.2) is 31.3 Å². The highest BCUT2D eigenvalue weighted by Gasteiger charge is 2.23. The van der Waals surface area contributed by atoms with Crippen molar-refractivity contribution in [1.29, 1.82) is 5.26 Å². The molecule has 28 heavy (non-hydrogen) atoms.